The third-order valence-corrected chi connectivity index (χ3v) is 4.18. The molecule has 0 aliphatic carbocycles. The molecule has 0 aliphatic heterocycles. The molecule has 7 nitrogen and oxygen atoms in total. The average Bonchev–Trinajstić information content (AvgIpc) is 2.98. The van der Waals surface area contributed by atoms with Crippen molar-refractivity contribution in [3.8, 4) is 0 Å². The minimum atomic E-state index is -0.573. The minimum absolute atomic E-state index is 0.178. The summed E-state index contributed by atoms with van der Waals surface area (Å²) in [5.41, 5.74) is 6.36. The number of rotatable bonds is 7. The molecule has 2 aromatic rings. The SMILES string of the molecule is CN(CC[C@@H](O)c1ccccc1)C(=O)NCCc1nnc(N)s1. The fourth-order valence-electron chi connectivity index (χ4n) is 2.04. The predicted molar refractivity (Wildman–Crippen MR) is 90.1 cm³/mol. The predicted octanol–water partition coefficient (Wildman–Crippen LogP) is 1.43. The maximum absolute atomic E-state index is 12.0. The second kappa shape index (κ2) is 8.44. The average molecular weight is 335 g/mol. The van der Waals surface area contributed by atoms with Gasteiger partial charge < -0.3 is 21.1 Å². The van der Waals surface area contributed by atoms with Gasteiger partial charge in [0.05, 0.1) is 6.10 Å². The fraction of sp³-hybridized carbons (Fsp3) is 0.400. The maximum Gasteiger partial charge on any atom is 0.317 e. The highest BCUT2D eigenvalue weighted by Crippen LogP contribution is 2.16. The van der Waals surface area contributed by atoms with Gasteiger partial charge in [-0.2, -0.15) is 0 Å². The van der Waals surface area contributed by atoms with Crippen LogP contribution < -0.4 is 11.1 Å². The third kappa shape index (κ3) is 5.50. The molecule has 8 heteroatoms. The van der Waals surface area contributed by atoms with Gasteiger partial charge in [-0.1, -0.05) is 41.7 Å². The van der Waals surface area contributed by atoms with E-state index in [4.69, 9.17) is 5.73 Å². The molecule has 0 fully saturated rings. The Morgan fingerprint density at radius 1 is 1.39 bits per heavy atom. The van der Waals surface area contributed by atoms with Gasteiger partial charge in [-0.3, -0.25) is 0 Å². The minimum Gasteiger partial charge on any atom is -0.388 e. The Morgan fingerprint density at radius 2 is 2.13 bits per heavy atom. The molecule has 2 rings (SSSR count). The van der Waals surface area contributed by atoms with Gasteiger partial charge in [0.2, 0.25) is 5.13 Å². The second-order valence-electron chi connectivity index (χ2n) is 5.15. The quantitative estimate of drug-likeness (QED) is 0.710. The van der Waals surface area contributed by atoms with Crippen molar-refractivity contribution in [3.05, 3.63) is 40.9 Å². The Hall–Kier alpha value is -2.19. The molecule has 0 radical (unpaired) electrons. The Kier molecular flexibility index (Phi) is 6.30. The monoisotopic (exact) mass is 335 g/mol. The van der Waals surface area contributed by atoms with E-state index >= 15 is 0 Å². The Bertz CT molecular complexity index is 619. The van der Waals surface area contributed by atoms with Gasteiger partial charge in [-0.15, -0.1) is 10.2 Å². The summed E-state index contributed by atoms with van der Waals surface area (Å²) in [4.78, 5) is 13.5. The van der Waals surface area contributed by atoms with E-state index < -0.39 is 6.10 Å². The third-order valence-electron chi connectivity index (χ3n) is 3.37. The molecule has 23 heavy (non-hydrogen) atoms. The van der Waals surface area contributed by atoms with Crippen molar-refractivity contribution in [2.45, 2.75) is 18.9 Å². The van der Waals surface area contributed by atoms with Gasteiger partial charge in [0.25, 0.3) is 0 Å². The van der Waals surface area contributed by atoms with E-state index in [9.17, 15) is 9.90 Å². The zero-order valence-electron chi connectivity index (χ0n) is 13.0. The highest BCUT2D eigenvalue weighted by Gasteiger charge is 2.12. The Labute approximate surface area is 139 Å². The van der Waals surface area contributed by atoms with E-state index in [1.807, 2.05) is 30.3 Å². The molecular formula is C15H21N5O2S. The lowest BCUT2D eigenvalue weighted by Gasteiger charge is -2.19. The first-order valence-corrected chi connectivity index (χ1v) is 8.17. The smallest absolute Gasteiger partial charge is 0.317 e. The van der Waals surface area contributed by atoms with Gasteiger partial charge in [0, 0.05) is 26.6 Å². The van der Waals surface area contributed by atoms with Crippen LogP contribution in [0.2, 0.25) is 0 Å². The van der Waals surface area contributed by atoms with E-state index in [0.717, 1.165) is 10.6 Å². The first-order chi connectivity index (χ1) is 11.1. The van der Waals surface area contributed by atoms with Crippen molar-refractivity contribution < 1.29 is 9.90 Å². The molecular weight excluding hydrogens is 314 g/mol. The van der Waals surface area contributed by atoms with Crippen molar-refractivity contribution in [3.63, 3.8) is 0 Å². The number of aliphatic hydroxyl groups is 1. The summed E-state index contributed by atoms with van der Waals surface area (Å²) in [7, 11) is 1.70. The number of urea groups is 1. The number of benzene rings is 1. The van der Waals surface area contributed by atoms with Crippen LogP contribution in [0.25, 0.3) is 0 Å². The van der Waals surface area contributed by atoms with Crippen LogP contribution in [-0.4, -0.2) is 46.4 Å². The van der Waals surface area contributed by atoms with Crippen LogP contribution in [0.1, 0.15) is 23.1 Å². The van der Waals surface area contributed by atoms with Crippen LogP contribution in [0.15, 0.2) is 30.3 Å². The summed E-state index contributed by atoms with van der Waals surface area (Å²) in [6.07, 6.45) is 0.512. The summed E-state index contributed by atoms with van der Waals surface area (Å²) < 4.78 is 0. The van der Waals surface area contributed by atoms with Crippen molar-refractivity contribution in [1.29, 1.82) is 0 Å². The Morgan fingerprint density at radius 3 is 2.78 bits per heavy atom. The van der Waals surface area contributed by atoms with E-state index in [1.165, 1.54) is 11.3 Å². The number of aliphatic hydroxyl groups excluding tert-OH is 1. The Balaban J connectivity index is 1.68. The van der Waals surface area contributed by atoms with Crippen LogP contribution in [-0.2, 0) is 6.42 Å². The molecule has 0 saturated heterocycles. The number of aromatic nitrogens is 2. The first kappa shape index (κ1) is 17.2. The number of nitrogens with one attached hydrogen (secondary N) is 1. The van der Waals surface area contributed by atoms with Crippen molar-refractivity contribution in [1.82, 2.24) is 20.4 Å². The molecule has 1 heterocycles. The van der Waals surface area contributed by atoms with E-state index in [-0.39, 0.29) is 6.03 Å². The second-order valence-corrected chi connectivity index (χ2v) is 6.25. The standard InChI is InChI=1S/C15H21N5O2S/c1-20(10-8-12(21)11-5-3-2-4-6-11)15(22)17-9-7-13-18-19-14(16)23-13/h2-6,12,21H,7-10H2,1H3,(H2,16,19)(H,17,22)/t12-/m1/s1. The van der Waals surface area contributed by atoms with E-state index in [0.29, 0.717) is 31.1 Å². The number of anilines is 1. The molecule has 0 spiro atoms. The lowest BCUT2D eigenvalue weighted by molar-refractivity contribution is 0.150. The molecule has 124 valence electrons. The lowest BCUT2D eigenvalue weighted by Crippen LogP contribution is -2.39. The van der Waals surface area contributed by atoms with Gasteiger partial charge in [0.15, 0.2) is 0 Å². The molecule has 0 saturated carbocycles. The van der Waals surface area contributed by atoms with Crippen LogP contribution in [0.5, 0.6) is 0 Å². The van der Waals surface area contributed by atoms with Gasteiger partial charge in [0.1, 0.15) is 5.01 Å². The molecule has 2 amide bonds. The molecule has 0 aliphatic rings. The van der Waals surface area contributed by atoms with Gasteiger partial charge >= 0.3 is 6.03 Å². The molecule has 4 N–H and O–H groups in total. The van der Waals surface area contributed by atoms with Gasteiger partial charge in [-0.05, 0) is 12.0 Å². The zero-order valence-corrected chi connectivity index (χ0v) is 13.8. The van der Waals surface area contributed by atoms with Crippen LogP contribution >= 0.6 is 11.3 Å². The summed E-state index contributed by atoms with van der Waals surface area (Å²) >= 11 is 1.32. The highest BCUT2D eigenvalue weighted by atomic mass is 32.1. The summed E-state index contributed by atoms with van der Waals surface area (Å²) in [6, 6.07) is 9.24. The normalized spacial score (nSPS) is 11.9. The lowest BCUT2D eigenvalue weighted by atomic mass is 10.1. The number of nitrogens with two attached hydrogens (primary N) is 1. The van der Waals surface area contributed by atoms with Crippen molar-refractivity contribution in [2.24, 2.45) is 0 Å². The van der Waals surface area contributed by atoms with Crippen molar-refractivity contribution in [2.75, 3.05) is 25.9 Å². The molecule has 0 unspecified atom stereocenters. The van der Waals surface area contributed by atoms with Crippen LogP contribution in [0.4, 0.5) is 9.93 Å². The number of amides is 2. The number of hydrogen-bond acceptors (Lipinski definition) is 6. The number of carbonyl (C=O) groups excluding carboxylic acids is 1. The first-order valence-electron chi connectivity index (χ1n) is 7.36. The van der Waals surface area contributed by atoms with Crippen molar-refractivity contribution >= 4 is 22.5 Å². The summed E-state index contributed by atoms with van der Waals surface area (Å²) in [6.45, 7) is 0.937. The number of nitrogens with zero attached hydrogens (tertiary/aromatic N) is 3. The van der Waals surface area contributed by atoms with Crippen LogP contribution in [0.3, 0.4) is 0 Å². The van der Waals surface area contributed by atoms with E-state index in [1.54, 1.807) is 11.9 Å². The van der Waals surface area contributed by atoms with Crippen LogP contribution in [0, 0.1) is 0 Å². The molecule has 0 bridgehead atoms. The molecule has 1 aromatic heterocycles. The number of hydrogen-bond donors (Lipinski definition) is 3. The number of carbonyl (C=O) groups is 1. The number of nitrogen functional groups attached to an aromatic ring is 1. The highest BCUT2D eigenvalue weighted by molar-refractivity contribution is 7.15. The molecule has 1 atom stereocenters. The topological polar surface area (TPSA) is 104 Å². The summed E-state index contributed by atoms with van der Waals surface area (Å²) in [5, 5.41) is 21.7. The van der Waals surface area contributed by atoms with Gasteiger partial charge in [-0.25, -0.2) is 4.79 Å². The van der Waals surface area contributed by atoms with E-state index in [2.05, 4.69) is 15.5 Å². The largest absolute Gasteiger partial charge is 0.388 e. The maximum atomic E-state index is 12.0. The fourth-order valence-corrected chi connectivity index (χ4v) is 2.65. The summed E-state index contributed by atoms with van der Waals surface area (Å²) in [5.74, 6) is 0. The zero-order chi connectivity index (χ0) is 16.7. The molecule has 1 aromatic carbocycles.